The third-order valence-corrected chi connectivity index (χ3v) is 5.72. The molecule has 0 radical (unpaired) electrons. The number of hydrogen-bond acceptors (Lipinski definition) is 5. The van der Waals surface area contributed by atoms with Crippen LogP contribution in [0.4, 0.5) is 10.6 Å². The van der Waals surface area contributed by atoms with Crippen LogP contribution in [0.3, 0.4) is 0 Å². The number of hydrogen-bond donors (Lipinski definition) is 2. The van der Waals surface area contributed by atoms with Crippen molar-refractivity contribution < 1.29 is 9.59 Å². The molecule has 3 aromatic rings. The molecule has 0 spiro atoms. The Morgan fingerprint density at radius 1 is 1.09 bits per heavy atom. The fraction of sp³-hybridized carbons (Fsp3) is 0.200. The van der Waals surface area contributed by atoms with Gasteiger partial charge in [-0.15, -0.1) is 0 Å². The van der Waals surface area contributed by atoms with Gasteiger partial charge < -0.3 is 11.1 Å². The number of rotatable bonds is 7. The number of carbonyl (C=O) groups is 2. The summed E-state index contributed by atoms with van der Waals surface area (Å²) in [7, 11) is 0. The molecule has 0 bridgehead atoms. The van der Waals surface area contributed by atoms with Gasteiger partial charge in [0.15, 0.2) is 0 Å². The Morgan fingerprint density at radius 3 is 2.28 bits per heavy atom. The number of β-lactam (4-membered cyclic amide) rings is 1. The Bertz CT molecular complexity index is 1060. The summed E-state index contributed by atoms with van der Waals surface area (Å²) in [6, 6.07) is 21.8. The summed E-state index contributed by atoms with van der Waals surface area (Å²) < 4.78 is 0. The fourth-order valence-corrected chi connectivity index (χ4v) is 4.14. The summed E-state index contributed by atoms with van der Waals surface area (Å²) in [5.41, 5.74) is 8.53. The standard InChI is InChI=1S/C25H25N5O2/c1-27-16-21-20(14-17-12-13-28-22(26)15-17)24(31)30(21)25(32)29-23(18-8-4-2-5-9-18)19-10-6-3-7-11-19/h2-13,15,20-21,23H,1,14,16H2,(H2,26,28)(H,29,32). The molecule has 32 heavy (non-hydrogen) atoms. The fourth-order valence-electron chi connectivity index (χ4n) is 4.14. The molecule has 2 atom stereocenters. The average molecular weight is 428 g/mol. The highest BCUT2D eigenvalue weighted by Crippen LogP contribution is 2.32. The number of likely N-dealkylation sites (tertiary alicyclic amines) is 1. The maximum Gasteiger partial charge on any atom is 0.325 e. The monoisotopic (exact) mass is 427 g/mol. The lowest BCUT2D eigenvalue weighted by Crippen LogP contribution is -2.67. The summed E-state index contributed by atoms with van der Waals surface area (Å²) in [6.45, 7) is 3.85. The first-order chi connectivity index (χ1) is 15.6. The predicted octanol–water partition coefficient (Wildman–Crippen LogP) is 3.23. The Hall–Kier alpha value is -4.00. The summed E-state index contributed by atoms with van der Waals surface area (Å²) in [5, 5.41) is 3.04. The van der Waals surface area contributed by atoms with Crippen molar-refractivity contribution in [2.45, 2.75) is 18.5 Å². The van der Waals surface area contributed by atoms with Gasteiger partial charge in [0.2, 0.25) is 5.91 Å². The van der Waals surface area contributed by atoms with Gasteiger partial charge in [0.1, 0.15) is 5.82 Å². The van der Waals surface area contributed by atoms with Crippen LogP contribution in [0.2, 0.25) is 0 Å². The number of aromatic nitrogens is 1. The van der Waals surface area contributed by atoms with E-state index in [1.54, 1.807) is 12.3 Å². The first-order valence-corrected chi connectivity index (χ1v) is 10.4. The van der Waals surface area contributed by atoms with Gasteiger partial charge in [-0.05, 0) is 42.0 Å². The van der Waals surface area contributed by atoms with Gasteiger partial charge in [0, 0.05) is 6.20 Å². The normalized spacial score (nSPS) is 17.7. The Labute approximate surface area is 187 Å². The number of pyridine rings is 1. The minimum atomic E-state index is -0.438. The highest BCUT2D eigenvalue weighted by molar-refractivity contribution is 6.01. The van der Waals surface area contributed by atoms with E-state index in [2.05, 4.69) is 22.0 Å². The molecular weight excluding hydrogens is 402 g/mol. The van der Waals surface area contributed by atoms with E-state index in [9.17, 15) is 9.59 Å². The van der Waals surface area contributed by atoms with E-state index in [0.29, 0.717) is 12.2 Å². The van der Waals surface area contributed by atoms with E-state index >= 15 is 0 Å². The van der Waals surface area contributed by atoms with E-state index in [1.807, 2.05) is 66.7 Å². The number of nitrogen functional groups attached to an aromatic ring is 1. The molecule has 3 amide bonds. The zero-order valence-corrected chi connectivity index (χ0v) is 17.6. The second-order valence-electron chi connectivity index (χ2n) is 7.79. The van der Waals surface area contributed by atoms with Crippen molar-refractivity contribution in [3.05, 3.63) is 95.7 Å². The molecule has 7 heteroatoms. The van der Waals surface area contributed by atoms with Gasteiger partial charge in [-0.3, -0.25) is 14.7 Å². The summed E-state index contributed by atoms with van der Waals surface area (Å²) >= 11 is 0. The molecular formula is C25H25N5O2. The van der Waals surface area contributed by atoms with Gasteiger partial charge in [-0.2, -0.15) is 0 Å². The number of amides is 3. The third-order valence-electron chi connectivity index (χ3n) is 5.72. The number of carbonyl (C=O) groups excluding carboxylic acids is 2. The van der Waals surface area contributed by atoms with Gasteiger partial charge in [-0.25, -0.2) is 9.78 Å². The number of benzene rings is 2. The number of nitrogens with two attached hydrogens (primary N) is 1. The van der Waals surface area contributed by atoms with Crippen LogP contribution >= 0.6 is 0 Å². The lowest BCUT2D eigenvalue weighted by atomic mass is 9.82. The van der Waals surface area contributed by atoms with Gasteiger partial charge in [-0.1, -0.05) is 60.7 Å². The Kier molecular flexibility index (Phi) is 6.26. The number of aliphatic imine (C=N–C) groups is 1. The highest BCUT2D eigenvalue weighted by Gasteiger charge is 2.50. The lowest BCUT2D eigenvalue weighted by Gasteiger charge is -2.45. The van der Waals surface area contributed by atoms with E-state index in [-0.39, 0.29) is 30.5 Å². The van der Waals surface area contributed by atoms with Crippen LogP contribution in [0.5, 0.6) is 0 Å². The molecule has 1 saturated heterocycles. The van der Waals surface area contributed by atoms with Crippen LogP contribution in [0.1, 0.15) is 22.7 Å². The van der Waals surface area contributed by atoms with E-state index in [0.717, 1.165) is 16.7 Å². The van der Waals surface area contributed by atoms with Crippen molar-refractivity contribution in [3.63, 3.8) is 0 Å². The summed E-state index contributed by atoms with van der Waals surface area (Å²) in [4.78, 5) is 35.4. The van der Waals surface area contributed by atoms with E-state index in [4.69, 9.17) is 5.73 Å². The molecule has 1 aromatic heterocycles. The van der Waals surface area contributed by atoms with Crippen LogP contribution in [-0.2, 0) is 11.2 Å². The SMILES string of the molecule is C=NCC1C(Cc2ccnc(N)c2)C(=O)N1C(=O)NC(c1ccccc1)c1ccccc1. The lowest BCUT2D eigenvalue weighted by molar-refractivity contribution is -0.149. The molecule has 2 aromatic carbocycles. The molecule has 1 aliphatic heterocycles. The molecule has 1 aliphatic rings. The highest BCUT2D eigenvalue weighted by atomic mass is 16.2. The quantitative estimate of drug-likeness (QED) is 0.446. The second-order valence-corrected chi connectivity index (χ2v) is 7.79. The predicted molar refractivity (Wildman–Crippen MR) is 124 cm³/mol. The maximum absolute atomic E-state index is 13.2. The molecule has 162 valence electrons. The molecule has 2 heterocycles. The van der Waals surface area contributed by atoms with Crippen LogP contribution in [0.25, 0.3) is 0 Å². The number of anilines is 1. The minimum Gasteiger partial charge on any atom is -0.384 e. The number of nitrogens with zero attached hydrogens (tertiary/aromatic N) is 3. The van der Waals surface area contributed by atoms with Crippen molar-refractivity contribution in [1.82, 2.24) is 15.2 Å². The summed E-state index contributed by atoms with van der Waals surface area (Å²) in [5.74, 6) is -0.192. The first kappa shape index (κ1) is 21.2. The van der Waals surface area contributed by atoms with Gasteiger partial charge in [0.25, 0.3) is 0 Å². The van der Waals surface area contributed by atoms with Crippen molar-refractivity contribution >= 4 is 24.5 Å². The molecule has 3 N–H and O–H groups in total. The topological polar surface area (TPSA) is 101 Å². The number of urea groups is 1. The van der Waals surface area contributed by atoms with Crippen LogP contribution in [0, 0.1) is 5.92 Å². The molecule has 1 fully saturated rings. The molecule has 7 nitrogen and oxygen atoms in total. The Balaban J connectivity index is 1.54. The third kappa shape index (κ3) is 4.37. The van der Waals surface area contributed by atoms with Crippen LogP contribution in [0.15, 0.2) is 84.0 Å². The first-order valence-electron chi connectivity index (χ1n) is 10.4. The molecule has 0 aliphatic carbocycles. The minimum absolute atomic E-state index is 0.230. The summed E-state index contributed by atoms with van der Waals surface area (Å²) in [6.07, 6.45) is 2.08. The average Bonchev–Trinajstić information content (AvgIpc) is 2.82. The largest absolute Gasteiger partial charge is 0.384 e. The van der Waals surface area contributed by atoms with Gasteiger partial charge >= 0.3 is 6.03 Å². The molecule has 4 rings (SSSR count). The zero-order valence-electron chi connectivity index (χ0n) is 17.6. The van der Waals surface area contributed by atoms with E-state index in [1.165, 1.54) is 4.90 Å². The van der Waals surface area contributed by atoms with Crippen molar-refractivity contribution in [1.29, 1.82) is 0 Å². The second kappa shape index (κ2) is 9.43. The van der Waals surface area contributed by atoms with Crippen molar-refractivity contribution in [3.8, 4) is 0 Å². The Morgan fingerprint density at radius 2 is 1.72 bits per heavy atom. The van der Waals surface area contributed by atoms with Crippen molar-refractivity contribution in [2.75, 3.05) is 12.3 Å². The zero-order chi connectivity index (χ0) is 22.5. The van der Waals surface area contributed by atoms with Crippen molar-refractivity contribution in [2.24, 2.45) is 10.9 Å². The van der Waals surface area contributed by atoms with Crippen LogP contribution < -0.4 is 11.1 Å². The maximum atomic E-state index is 13.2. The number of nitrogens with one attached hydrogen (secondary N) is 1. The molecule has 0 saturated carbocycles. The smallest absolute Gasteiger partial charge is 0.325 e. The van der Waals surface area contributed by atoms with Gasteiger partial charge in [0.05, 0.1) is 24.5 Å². The van der Waals surface area contributed by atoms with E-state index < -0.39 is 6.03 Å². The molecule has 2 unspecified atom stereocenters. The van der Waals surface area contributed by atoms with Crippen LogP contribution in [-0.4, -0.2) is 41.1 Å². The number of imide groups is 1.